The summed E-state index contributed by atoms with van der Waals surface area (Å²) in [6.45, 7) is -0.145. The third-order valence-corrected chi connectivity index (χ3v) is 2.82. The van der Waals surface area contributed by atoms with E-state index < -0.39 is 0 Å². The molecule has 0 fully saturated rings. The molecule has 22 heavy (non-hydrogen) atoms. The molecule has 0 saturated heterocycles. The zero-order chi connectivity index (χ0) is 15.4. The molecule has 1 N–H and O–H groups in total. The molecule has 0 bridgehead atoms. The van der Waals surface area contributed by atoms with Gasteiger partial charge in [-0.05, 0) is 18.2 Å². The highest BCUT2D eigenvalue weighted by Gasteiger charge is 2.13. The number of amides is 1. The summed E-state index contributed by atoms with van der Waals surface area (Å²) in [6, 6.07) is 10.8. The van der Waals surface area contributed by atoms with E-state index in [0.717, 1.165) is 0 Å². The van der Waals surface area contributed by atoms with Gasteiger partial charge in [-0.1, -0.05) is 23.3 Å². The van der Waals surface area contributed by atoms with Crippen molar-refractivity contribution in [2.45, 2.75) is 0 Å². The van der Waals surface area contributed by atoms with Gasteiger partial charge >= 0.3 is 6.01 Å². The van der Waals surface area contributed by atoms with Gasteiger partial charge in [-0.3, -0.25) is 14.8 Å². The Labute approximate surface area is 125 Å². The number of aryl methyl sites for hydroxylation is 1. The van der Waals surface area contributed by atoms with E-state index in [9.17, 15) is 4.79 Å². The van der Waals surface area contributed by atoms with Gasteiger partial charge in [-0.2, -0.15) is 5.10 Å². The van der Waals surface area contributed by atoms with E-state index in [4.69, 9.17) is 9.15 Å². The second-order valence-electron chi connectivity index (χ2n) is 4.40. The van der Waals surface area contributed by atoms with Crippen molar-refractivity contribution in [1.29, 1.82) is 0 Å². The van der Waals surface area contributed by atoms with Crippen LogP contribution in [-0.2, 0) is 11.8 Å². The molecule has 0 aliphatic heterocycles. The average Bonchev–Trinajstić information content (AvgIpc) is 3.15. The second kappa shape index (κ2) is 6.08. The van der Waals surface area contributed by atoms with E-state index in [-0.39, 0.29) is 24.4 Å². The fraction of sp³-hybridized carbons (Fsp3) is 0.143. The number of hydrogen-bond donors (Lipinski definition) is 1. The van der Waals surface area contributed by atoms with Gasteiger partial charge in [0.2, 0.25) is 0 Å². The number of para-hydroxylation sites is 1. The van der Waals surface area contributed by atoms with Crippen LogP contribution in [0.4, 0.5) is 6.01 Å². The number of aromatic nitrogens is 4. The fourth-order valence-corrected chi connectivity index (χ4v) is 1.78. The summed E-state index contributed by atoms with van der Waals surface area (Å²) in [5.41, 5.74) is 0.661. The number of carbonyl (C=O) groups excluding carboxylic acids is 1. The average molecular weight is 299 g/mol. The van der Waals surface area contributed by atoms with Crippen LogP contribution in [0.5, 0.6) is 5.75 Å². The topological polar surface area (TPSA) is 95.1 Å². The molecule has 0 atom stereocenters. The molecule has 3 aromatic rings. The minimum Gasteiger partial charge on any atom is -0.484 e. The minimum absolute atomic E-state index is 0.0119. The van der Waals surface area contributed by atoms with Crippen molar-refractivity contribution in [3.05, 3.63) is 42.6 Å². The lowest BCUT2D eigenvalue weighted by Crippen LogP contribution is -2.20. The molecule has 0 aliphatic rings. The van der Waals surface area contributed by atoms with Crippen LogP contribution < -0.4 is 10.1 Å². The molecule has 0 unspecified atom stereocenters. The Morgan fingerprint density at radius 3 is 2.82 bits per heavy atom. The Kier molecular flexibility index (Phi) is 3.82. The highest BCUT2D eigenvalue weighted by atomic mass is 16.5. The normalized spacial score (nSPS) is 10.4. The van der Waals surface area contributed by atoms with E-state index in [1.54, 1.807) is 36.1 Å². The number of nitrogens with one attached hydrogen (secondary N) is 1. The van der Waals surface area contributed by atoms with Gasteiger partial charge in [0, 0.05) is 13.2 Å². The summed E-state index contributed by atoms with van der Waals surface area (Å²) < 4.78 is 12.3. The second-order valence-corrected chi connectivity index (χ2v) is 4.40. The van der Waals surface area contributed by atoms with Gasteiger partial charge in [0.15, 0.2) is 6.61 Å². The van der Waals surface area contributed by atoms with Crippen LogP contribution in [0.25, 0.3) is 11.6 Å². The van der Waals surface area contributed by atoms with Gasteiger partial charge in [-0.25, -0.2) is 0 Å². The monoisotopic (exact) mass is 299 g/mol. The quantitative estimate of drug-likeness (QED) is 0.767. The van der Waals surface area contributed by atoms with Crippen LogP contribution in [0.15, 0.2) is 47.0 Å². The van der Waals surface area contributed by atoms with E-state index in [1.807, 2.05) is 18.2 Å². The molecule has 1 amide bonds. The summed E-state index contributed by atoms with van der Waals surface area (Å²) in [5, 5.41) is 14.1. The minimum atomic E-state index is -0.385. The van der Waals surface area contributed by atoms with Gasteiger partial charge in [0.25, 0.3) is 11.8 Å². The number of nitrogens with zero attached hydrogens (tertiary/aromatic N) is 4. The van der Waals surface area contributed by atoms with Crippen molar-refractivity contribution in [1.82, 2.24) is 20.0 Å². The lowest BCUT2D eigenvalue weighted by Gasteiger charge is -2.04. The van der Waals surface area contributed by atoms with E-state index in [2.05, 4.69) is 20.6 Å². The SMILES string of the molecule is Cn1nccc1-c1nnc(NC(=O)COc2ccccc2)o1. The lowest BCUT2D eigenvalue weighted by molar-refractivity contribution is -0.118. The summed E-state index contributed by atoms with van der Waals surface area (Å²) in [7, 11) is 1.76. The maximum Gasteiger partial charge on any atom is 0.322 e. The summed E-state index contributed by atoms with van der Waals surface area (Å²) in [5.74, 6) is 0.502. The first-order valence-electron chi connectivity index (χ1n) is 6.52. The fourth-order valence-electron chi connectivity index (χ4n) is 1.78. The third kappa shape index (κ3) is 3.11. The molecule has 0 spiro atoms. The number of hydrogen-bond acceptors (Lipinski definition) is 6. The van der Waals surface area contributed by atoms with E-state index in [1.165, 1.54) is 0 Å². The molecule has 1 aromatic carbocycles. The highest BCUT2D eigenvalue weighted by Crippen LogP contribution is 2.18. The van der Waals surface area contributed by atoms with Crippen LogP contribution in [0.1, 0.15) is 0 Å². The molecule has 0 aliphatic carbocycles. The first kappa shape index (κ1) is 13.8. The Morgan fingerprint density at radius 1 is 1.27 bits per heavy atom. The van der Waals surface area contributed by atoms with Crippen LogP contribution >= 0.6 is 0 Å². The summed E-state index contributed by atoms with van der Waals surface area (Å²) >= 11 is 0. The van der Waals surface area contributed by atoms with Crippen molar-refractivity contribution < 1.29 is 13.9 Å². The molecule has 0 radical (unpaired) electrons. The number of anilines is 1. The molecular formula is C14H13N5O3. The van der Waals surface area contributed by atoms with Gasteiger partial charge in [0.1, 0.15) is 11.4 Å². The number of carbonyl (C=O) groups is 1. The number of rotatable bonds is 5. The maximum atomic E-state index is 11.8. The van der Waals surface area contributed by atoms with Gasteiger partial charge < -0.3 is 9.15 Å². The van der Waals surface area contributed by atoms with Crippen LogP contribution in [0.2, 0.25) is 0 Å². The predicted octanol–water partition coefficient (Wildman–Crippen LogP) is 1.49. The van der Waals surface area contributed by atoms with Crippen molar-refractivity contribution in [3.63, 3.8) is 0 Å². The molecule has 3 rings (SSSR count). The molecule has 2 aromatic heterocycles. The maximum absolute atomic E-state index is 11.8. The standard InChI is InChI=1S/C14H13N5O3/c1-19-11(7-8-15-19)13-17-18-14(22-13)16-12(20)9-21-10-5-3-2-4-6-10/h2-8H,9H2,1H3,(H,16,18,20). The van der Waals surface area contributed by atoms with Crippen molar-refractivity contribution in [3.8, 4) is 17.3 Å². The van der Waals surface area contributed by atoms with Gasteiger partial charge in [-0.15, -0.1) is 5.10 Å². The molecule has 0 saturated carbocycles. The molecule has 8 heteroatoms. The van der Waals surface area contributed by atoms with Crippen LogP contribution in [-0.4, -0.2) is 32.5 Å². The molecular weight excluding hydrogens is 286 g/mol. The first-order valence-corrected chi connectivity index (χ1v) is 6.52. The molecule has 2 heterocycles. The first-order chi connectivity index (χ1) is 10.7. The Balaban J connectivity index is 1.58. The Bertz CT molecular complexity index is 766. The zero-order valence-corrected chi connectivity index (χ0v) is 11.8. The summed E-state index contributed by atoms with van der Waals surface area (Å²) in [6.07, 6.45) is 1.62. The largest absolute Gasteiger partial charge is 0.484 e. The smallest absolute Gasteiger partial charge is 0.322 e. The third-order valence-electron chi connectivity index (χ3n) is 2.82. The Hall–Kier alpha value is -3.16. The number of benzene rings is 1. The van der Waals surface area contributed by atoms with Crippen molar-refractivity contribution in [2.75, 3.05) is 11.9 Å². The Morgan fingerprint density at radius 2 is 2.09 bits per heavy atom. The van der Waals surface area contributed by atoms with E-state index >= 15 is 0 Å². The summed E-state index contributed by atoms with van der Waals surface area (Å²) in [4.78, 5) is 11.8. The molecule has 112 valence electrons. The number of ether oxygens (including phenoxy) is 1. The van der Waals surface area contributed by atoms with Crippen molar-refractivity contribution >= 4 is 11.9 Å². The zero-order valence-electron chi connectivity index (χ0n) is 11.8. The van der Waals surface area contributed by atoms with Gasteiger partial charge in [0.05, 0.1) is 0 Å². The van der Waals surface area contributed by atoms with Crippen LogP contribution in [0, 0.1) is 0 Å². The van der Waals surface area contributed by atoms with E-state index in [0.29, 0.717) is 11.4 Å². The molecule has 8 nitrogen and oxygen atoms in total. The van der Waals surface area contributed by atoms with Crippen LogP contribution in [0.3, 0.4) is 0 Å². The van der Waals surface area contributed by atoms with Crippen molar-refractivity contribution in [2.24, 2.45) is 7.05 Å². The highest BCUT2D eigenvalue weighted by molar-refractivity contribution is 5.89. The predicted molar refractivity (Wildman–Crippen MR) is 77.1 cm³/mol. The lowest BCUT2D eigenvalue weighted by atomic mass is 10.3.